The Hall–Kier alpha value is -2.38. The van der Waals surface area contributed by atoms with Gasteiger partial charge in [-0.3, -0.25) is 0 Å². The standard InChI is InChI=1S/C27H20FI2NO4S/c1-2-34-27(33)23-24(32)22(36-26(23)31-19-9-4-3-5-10-19)14-17-12-20(29)25(21(30)13-17)35-15-16-7-6-8-18(28)11-16/h3-14,32H,2,15H2,1H3/b22-14-,31-26?. The van der Waals surface area contributed by atoms with Crippen LogP contribution in [0.15, 0.2) is 88.0 Å². The third kappa shape index (κ3) is 6.48. The predicted molar refractivity (Wildman–Crippen MR) is 158 cm³/mol. The summed E-state index contributed by atoms with van der Waals surface area (Å²) in [7, 11) is 0. The Morgan fingerprint density at radius 3 is 2.47 bits per heavy atom. The molecular formula is C27H20FI2NO4S. The lowest BCUT2D eigenvalue weighted by Gasteiger charge is -2.12. The van der Waals surface area contributed by atoms with Crippen molar-refractivity contribution in [1.29, 1.82) is 0 Å². The van der Waals surface area contributed by atoms with Gasteiger partial charge >= 0.3 is 5.97 Å². The predicted octanol–water partition coefficient (Wildman–Crippen LogP) is 7.81. The van der Waals surface area contributed by atoms with Gasteiger partial charge in [-0.15, -0.1) is 0 Å². The highest BCUT2D eigenvalue weighted by molar-refractivity contribution is 14.1. The number of carbonyl (C=O) groups is 1. The first kappa shape index (κ1) is 26.7. The number of rotatable bonds is 7. The highest BCUT2D eigenvalue weighted by atomic mass is 127. The highest BCUT2D eigenvalue weighted by Crippen LogP contribution is 2.41. The topological polar surface area (TPSA) is 68.1 Å². The van der Waals surface area contributed by atoms with E-state index in [-0.39, 0.29) is 30.4 Å². The lowest BCUT2D eigenvalue weighted by molar-refractivity contribution is -0.138. The second-order valence-electron chi connectivity index (χ2n) is 7.54. The van der Waals surface area contributed by atoms with Crippen LogP contribution in [0.1, 0.15) is 18.1 Å². The Labute approximate surface area is 239 Å². The Morgan fingerprint density at radius 1 is 1.08 bits per heavy atom. The molecule has 0 atom stereocenters. The van der Waals surface area contributed by atoms with E-state index in [1.165, 1.54) is 23.9 Å². The second-order valence-corrected chi connectivity index (χ2v) is 10.9. The van der Waals surface area contributed by atoms with Gasteiger partial charge in [-0.1, -0.05) is 42.1 Å². The number of carbonyl (C=O) groups excluding carboxylic acids is 1. The smallest absolute Gasteiger partial charge is 0.344 e. The Morgan fingerprint density at radius 2 is 1.81 bits per heavy atom. The summed E-state index contributed by atoms with van der Waals surface area (Å²) in [6.45, 7) is 2.14. The largest absolute Gasteiger partial charge is 0.506 e. The van der Waals surface area contributed by atoms with Crippen LogP contribution in [0.4, 0.5) is 10.1 Å². The molecule has 4 rings (SSSR count). The summed E-state index contributed by atoms with van der Waals surface area (Å²) < 4.78 is 26.3. The zero-order valence-corrected chi connectivity index (χ0v) is 24.1. The van der Waals surface area contributed by atoms with Crippen LogP contribution in [-0.2, 0) is 16.1 Å². The van der Waals surface area contributed by atoms with Gasteiger partial charge in [0.1, 0.15) is 34.5 Å². The number of halogens is 3. The quantitative estimate of drug-likeness (QED) is 0.199. The lowest BCUT2D eigenvalue weighted by Crippen LogP contribution is -2.12. The number of aliphatic hydroxyl groups is 1. The fourth-order valence-corrected chi connectivity index (χ4v) is 6.51. The SMILES string of the molecule is CCOC(=O)C1=C(O)/C(=C/c2cc(I)c(OCc3cccc(F)c3)c(I)c2)SC1=Nc1ccccc1. The van der Waals surface area contributed by atoms with Crippen LogP contribution in [0.2, 0.25) is 0 Å². The van der Waals surface area contributed by atoms with Gasteiger partial charge in [-0.2, -0.15) is 0 Å². The van der Waals surface area contributed by atoms with E-state index in [0.717, 1.165) is 18.3 Å². The summed E-state index contributed by atoms with van der Waals surface area (Å²) >= 11 is 5.58. The van der Waals surface area contributed by atoms with Gasteiger partial charge < -0.3 is 14.6 Å². The van der Waals surface area contributed by atoms with Crippen molar-refractivity contribution in [1.82, 2.24) is 0 Å². The maximum absolute atomic E-state index is 13.5. The molecule has 0 amide bonds. The minimum Gasteiger partial charge on any atom is -0.506 e. The first-order chi connectivity index (χ1) is 17.4. The van der Waals surface area contributed by atoms with Crippen molar-refractivity contribution in [3.63, 3.8) is 0 Å². The molecule has 3 aromatic rings. The van der Waals surface area contributed by atoms with Crippen molar-refractivity contribution < 1.29 is 23.8 Å². The van der Waals surface area contributed by atoms with Crippen molar-refractivity contribution in [2.75, 3.05) is 6.61 Å². The lowest BCUT2D eigenvalue weighted by atomic mass is 10.1. The molecule has 0 radical (unpaired) electrons. The number of aliphatic imine (C=N–C) groups is 1. The van der Waals surface area contributed by atoms with E-state index >= 15 is 0 Å². The van der Waals surface area contributed by atoms with Gasteiger partial charge in [-0.05, 0) is 106 Å². The van der Waals surface area contributed by atoms with Crippen LogP contribution in [0.5, 0.6) is 5.75 Å². The van der Waals surface area contributed by atoms with E-state index < -0.39 is 5.97 Å². The molecule has 3 aromatic carbocycles. The summed E-state index contributed by atoms with van der Waals surface area (Å²) in [5.74, 6) is -0.392. The van der Waals surface area contributed by atoms with Crippen molar-refractivity contribution in [3.8, 4) is 5.75 Å². The average molecular weight is 727 g/mol. The molecule has 0 bridgehead atoms. The molecule has 0 saturated heterocycles. The Bertz CT molecular complexity index is 1370. The summed E-state index contributed by atoms with van der Waals surface area (Å²) in [6.07, 6.45) is 1.80. The van der Waals surface area contributed by atoms with Crippen LogP contribution >= 0.6 is 56.9 Å². The number of benzene rings is 3. The zero-order chi connectivity index (χ0) is 25.7. The van der Waals surface area contributed by atoms with Gasteiger partial charge in [-0.25, -0.2) is 14.2 Å². The molecule has 0 unspecified atom stereocenters. The molecule has 0 aliphatic carbocycles. The van der Waals surface area contributed by atoms with E-state index in [0.29, 0.717) is 21.4 Å². The molecule has 0 fully saturated rings. The maximum Gasteiger partial charge on any atom is 0.344 e. The number of thioether (sulfide) groups is 1. The van der Waals surface area contributed by atoms with E-state index in [2.05, 4.69) is 50.2 Å². The van der Waals surface area contributed by atoms with Crippen molar-refractivity contribution >= 4 is 79.7 Å². The van der Waals surface area contributed by atoms with Crippen LogP contribution in [0.3, 0.4) is 0 Å². The van der Waals surface area contributed by atoms with Gasteiger partial charge in [0.15, 0.2) is 0 Å². The molecule has 0 aromatic heterocycles. The van der Waals surface area contributed by atoms with Gasteiger partial charge in [0, 0.05) is 0 Å². The Kier molecular flexibility index (Phi) is 9.07. The number of aliphatic hydroxyl groups excluding tert-OH is 1. The molecule has 0 saturated carbocycles. The van der Waals surface area contributed by atoms with Crippen LogP contribution in [0, 0.1) is 13.0 Å². The molecule has 1 N–H and O–H groups in total. The fraction of sp³-hybridized carbons (Fsp3) is 0.111. The molecule has 9 heteroatoms. The summed E-state index contributed by atoms with van der Waals surface area (Å²) in [5, 5.41) is 11.3. The van der Waals surface area contributed by atoms with Gasteiger partial charge in [0.2, 0.25) is 0 Å². The molecule has 1 heterocycles. The van der Waals surface area contributed by atoms with E-state index in [9.17, 15) is 14.3 Å². The zero-order valence-electron chi connectivity index (χ0n) is 19.0. The van der Waals surface area contributed by atoms with Crippen LogP contribution in [-0.4, -0.2) is 22.7 Å². The average Bonchev–Trinajstić information content (AvgIpc) is 3.13. The Balaban J connectivity index is 1.63. The number of esters is 1. The molecule has 184 valence electrons. The second kappa shape index (κ2) is 12.2. The fourth-order valence-electron chi connectivity index (χ4n) is 3.35. The van der Waals surface area contributed by atoms with E-state index in [4.69, 9.17) is 9.47 Å². The molecule has 5 nitrogen and oxygen atoms in total. The summed E-state index contributed by atoms with van der Waals surface area (Å²) in [4.78, 5) is 17.7. The number of hydrogen-bond acceptors (Lipinski definition) is 6. The molecule has 0 spiro atoms. The maximum atomic E-state index is 13.5. The number of para-hydroxylation sites is 1. The first-order valence-electron chi connectivity index (χ1n) is 10.9. The third-order valence-electron chi connectivity index (χ3n) is 4.95. The van der Waals surface area contributed by atoms with Gasteiger partial charge in [0.25, 0.3) is 0 Å². The summed E-state index contributed by atoms with van der Waals surface area (Å²) in [6, 6.07) is 19.4. The molecule has 36 heavy (non-hydrogen) atoms. The van der Waals surface area contributed by atoms with Crippen molar-refractivity contribution in [2.24, 2.45) is 4.99 Å². The minimum absolute atomic E-state index is 0.0522. The van der Waals surface area contributed by atoms with E-state index in [1.54, 1.807) is 19.1 Å². The normalized spacial score (nSPS) is 15.6. The van der Waals surface area contributed by atoms with Crippen molar-refractivity contribution in [3.05, 3.63) is 107 Å². The van der Waals surface area contributed by atoms with Crippen molar-refractivity contribution in [2.45, 2.75) is 13.5 Å². The highest BCUT2D eigenvalue weighted by Gasteiger charge is 2.33. The number of hydrogen-bond donors (Lipinski definition) is 1. The third-order valence-corrected chi connectivity index (χ3v) is 7.57. The first-order valence-corrected chi connectivity index (χ1v) is 13.8. The monoisotopic (exact) mass is 727 g/mol. The van der Waals surface area contributed by atoms with Crippen LogP contribution < -0.4 is 4.74 Å². The summed E-state index contributed by atoms with van der Waals surface area (Å²) in [5.41, 5.74) is 2.28. The molecular weight excluding hydrogens is 707 g/mol. The van der Waals surface area contributed by atoms with Gasteiger partial charge in [0.05, 0.1) is 24.3 Å². The number of nitrogens with zero attached hydrogens (tertiary/aromatic N) is 1. The van der Waals surface area contributed by atoms with E-state index in [1.807, 2.05) is 48.5 Å². The molecule has 1 aliphatic rings. The van der Waals surface area contributed by atoms with Crippen LogP contribution in [0.25, 0.3) is 6.08 Å². The molecule has 1 aliphatic heterocycles. The minimum atomic E-state index is -0.620. The number of ether oxygens (including phenoxy) is 2.